The summed E-state index contributed by atoms with van der Waals surface area (Å²) in [5, 5.41) is 4.03. The van der Waals surface area contributed by atoms with E-state index < -0.39 is 0 Å². The van der Waals surface area contributed by atoms with Gasteiger partial charge in [0.05, 0.1) is 19.2 Å². The van der Waals surface area contributed by atoms with Crippen molar-refractivity contribution in [3.05, 3.63) is 29.5 Å². The number of fused-ring (bicyclic) bond motifs is 1. The highest BCUT2D eigenvalue weighted by molar-refractivity contribution is 6.10. The van der Waals surface area contributed by atoms with Gasteiger partial charge in [-0.25, -0.2) is 0 Å². The Labute approximate surface area is 113 Å². The fourth-order valence-electron chi connectivity index (χ4n) is 2.35. The monoisotopic (exact) mass is 260 g/mol. The molecule has 2 rings (SSSR count). The van der Waals surface area contributed by atoms with Gasteiger partial charge in [0, 0.05) is 24.2 Å². The Morgan fingerprint density at radius 2 is 2.16 bits per heavy atom. The first kappa shape index (κ1) is 13.6. The van der Waals surface area contributed by atoms with Gasteiger partial charge < -0.3 is 14.6 Å². The van der Waals surface area contributed by atoms with Crippen molar-refractivity contribution in [2.75, 3.05) is 20.2 Å². The topological polar surface area (TPSA) is 43.3 Å². The molecule has 0 saturated heterocycles. The Balaban J connectivity index is 2.57. The van der Waals surface area contributed by atoms with Crippen molar-refractivity contribution in [2.24, 2.45) is 7.05 Å². The van der Waals surface area contributed by atoms with Crippen LogP contribution < -0.4 is 10.1 Å². The maximum Gasteiger partial charge on any atom is 0.178 e. The molecule has 0 atom stereocenters. The molecular weight excluding hydrogens is 240 g/mol. The van der Waals surface area contributed by atoms with E-state index in [-0.39, 0.29) is 5.78 Å². The molecule has 0 saturated carbocycles. The Bertz CT molecular complexity index is 614. The van der Waals surface area contributed by atoms with E-state index in [1.54, 1.807) is 7.11 Å². The smallest absolute Gasteiger partial charge is 0.178 e. The minimum atomic E-state index is 0.111. The number of carbonyl (C=O) groups is 1. The van der Waals surface area contributed by atoms with Crippen LogP contribution in [-0.2, 0) is 7.05 Å². The highest BCUT2D eigenvalue weighted by Crippen LogP contribution is 2.31. The third kappa shape index (κ3) is 2.49. The van der Waals surface area contributed by atoms with Crippen molar-refractivity contribution in [2.45, 2.75) is 13.8 Å². The predicted molar refractivity (Wildman–Crippen MR) is 77.1 cm³/mol. The molecule has 2 aromatic rings. The van der Waals surface area contributed by atoms with E-state index >= 15 is 0 Å². The fourth-order valence-corrected chi connectivity index (χ4v) is 2.35. The SMILES string of the molecule is CCNCC(=O)c1cn(C)c2c(OC)cc(C)cc12. The van der Waals surface area contributed by atoms with Crippen molar-refractivity contribution in [1.29, 1.82) is 0 Å². The van der Waals surface area contributed by atoms with Crippen molar-refractivity contribution < 1.29 is 9.53 Å². The lowest BCUT2D eigenvalue weighted by Gasteiger charge is -2.06. The van der Waals surface area contributed by atoms with Gasteiger partial charge in [0.2, 0.25) is 0 Å². The summed E-state index contributed by atoms with van der Waals surface area (Å²) in [6.07, 6.45) is 1.88. The number of Topliss-reactive ketones (excluding diaryl/α,β-unsaturated/α-hetero) is 1. The Morgan fingerprint density at radius 1 is 1.42 bits per heavy atom. The summed E-state index contributed by atoms with van der Waals surface area (Å²) in [7, 11) is 3.59. The van der Waals surface area contributed by atoms with E-state index in [1.165, 1.54) is 0 Å². The molecule has 0 spiro atoms. The molecule has 0 fully saturated rings. The summed E-state index contributed by atoms with van der Waals surface area (Å²) < 4.78 is 7.37. The van der Waals surface area contributed by atoms with Gasteiger partial charge in [-0.1, -0.05) is 6.92 Å². The normalized spacial score (nSPS) is 10.9. The molecule has 102 valence electrons. The van der Waals surface area contributed by atoms with Crippen LogP contribution in [0.4, 0.5) is 0 Å². The first-order chi connectivity index (χ1) is 9.08. The summed E-state index contributed by atoms with van der Waals surface area (Å²) in [6, 6.07) is 4.03. The van der Waals surface area contributed by atoms with Gasteiger partial charge in [0.25, 0.3) is 0 Å². The molecule has 0 bridgehead atoms. The van der Waals surface area contributed by atoms with Gasteiger partial charge in [-0.05, 0) is 31.2 Å². The maximum atomic E-state index is 12.2. The number of benzene rings is 1. The second-order valence-electron chi connectivity index (χ2n) is 4.72. The number of aryl methyl sites for hydroxylation is 2. The molecular formula is C15H20N2O2. The largest absolute Gasteiger partial charge is 0.495 e. The lowest BCUT2D eigenvalue weighted by Crippen LogP contribution is -2.22. The molecule has 1 aromatic carbocycles. The molecule has 1 aromatic heterocycles. The van der Waals surface area contributed by atoms with Gasteiger partial charge in [0.1, 0.15) is 5.75 Å². The second kappa shape index (κ2) is 5.45. The zero-order valence-electron chi connectivity index (χ0n) is 11.9. The number of methoxy groups -OCH3 is 1. The quantitative estimate of drug-likeness (QED) is 0.839. The van der Waals surface area contributed by atoms with Crippen LogP contribution in [0.5, 0.6) is 5.75 Å². The molecule has 0 amide bonds. The molecule has 1 N–H and O–H groups in total. The number of rotatable bonds is 5. The molecule has 4 nitrogen and oxygen atoms in total. The molecule has 1 heterocycles. The number of nitrogens with one attached hydrogen (secondary N) is 1. The summed E-state index contributed by atoms with van der Waals surface area (Å²) in [4.78, 5) is 12.2. The molecule has 0 unspecified atom stereocenters. The number of hydrogen-bond donors (Lipinski definition) is 1. The van der Waals surface area contributed by atoms with Crippen LogP contribution in [0.1, 0.15) is 22.8 Å². The average Bonchev–Trinajstić information content (AvgIpc) is 2.72. The summed E-state index contributed by atoms with van der Waals surface area (Å²) in [6.45, 7) is 5.15. The first-order valence-electron chi connectivity index (χ1n) is 6.46. The molecule has 0 aliphatic rings. The number of likely N-dealkylation sites (N-methyl/N-ethyl adjacent to an activating group) is 1. The summed E-state index contributed by atoms with van der Waals surface area (Å²) in [5.41, 5.74) is 2.81. The minimum Gasteiger partial charge on any atom is -0.495 e. The molecule has 0 aliphatic heterocycles. The third-order valence-electron chi connectivity index (χ3n) is 3.24. The first-order valence-corrected chi connectivity index (χ1v) is 6.46. The van der Waals surface area contributed by atoms with E-state index in [1.807, 2.05) is 43.8 Å². The highest BCUT2D eigenvalue weighted by atomic mass is 16.5. The number of nitrogens with zero attached hydrogens (tertiary/aromatic N) is 1. The van der Waals surface area contributed by atoms with Crippen molar-refractivity contribution in [1.82, 2.24) is 9.88 Å². The molecule has 19 heavy (non-hydrogen) atoms. The minimum absolute atomic E-state index is 0.111. The van der Waals surface area contributed by atoms with E-state index in [0.29, 0.717) is 6.54 Å². The average molecular weight is 260 g/mol. The van der Waals surface area contributed by atoms with Gasteiger partial charge in [-0.2, -0.15) is 0 Å². The highest BCUT2D eigenvalue weighted by Gasteiger charge is 2.16. The molecule has 4 heteroatoms. The third-order valence-corrected chi connectivity index (χ3v) is 3.24. The maximum absolute atomic E-state index is 12.2. The number of ether oxygens (including phenoxy) is 1. The van der Waals surface area contributed by atoms with Crippen molar-refractivity contribution in [3.8, 4) is 5.75 Å². The summed E-state index contributed by atoms with van der Waals surface area (Å²) >= 11 is 0. The van der Waals surface area contributed by atoms with Gasteiger partial charge in [-0.15, -0.1) is 0 Å². The standard InChI is InChI=1S/C15H20N2O2/c1-5-16-8-13(18)12-9-17(3)15-11(12)6-10(2)7-14(15)19-4/h6-7,9,16H,5,8H2,1-4H3. The van der Waals surface area contributed by atoms with Gasteiger partial charge >= 0.3 is 0 Å². The zero-order chi connectivity index (χ0) is 14.0. The van der Waals surface area contributed by atoms with E-state index in [0.717, 1.165) is 34.3 Å². The van der Waals surface area contributed by atoms with Crippen molar-refractivity contribution >= 4 is 16.7 Å². The number of carbonyl (C=O) groups excluding carboxylic acids is 1. The number of aromatic nitrogens is 1. The van der Waals surface area contributed by atoms with Crippen LogP contribution in [-0.4, -0.2) is 30.5 Å². The van der Waals surface area contributed by atoms with Crippen LogP contribution in [0.15, 0.2) is 18.3 Å². The second-order valence-corrected chi connectivity index (χ2v) is 4.72. The molecule has 0 radical (unpaired) electrons. The van der Waals surface area contributed by atoms with Crippen LogP contribution in [0.25, 0.3) is 10.9 Å². The van der Waals surface area contributed by atoms with E-state index in [2.05, 4.69) is 5.32 Å². The lowest BCUT2D eigenvalue weighted by atomic mass is 10.1. The van der Waals surface area contributed by atoms with Gasteiger partial charge in [0.15, 0.2) is 5.78 Å². The van der Waals surface area contributed by atoms with Crippen molar-refractivity contribution in [3.63, 3.8) is 0 Å². The van der Waals surface area contributed by atoms with Crippen LogP contribution >= 0.6 is 0 Å². The fraction of sp³-hybridized carbons (Fsp3) is 0.400. The zero-order valence-corrected chi connectivity index (χ0v) is 11.9. The van der Waals surface area contributed by atoms with Crippen LogP contribution in [0, 0.1) is 6.92 Å². The Morgan fingerprint density at radius 3 is 2.79 bits per heavy atom. The Hall–Kier alpha value is -1.81. The molecule has 0 aliphatic carbocycles. The van der Waals surface area contributed by atoms with E-state index in [9.17, 15) is 4.79 Å². The van der Waals surface area contributed by atoms with Gasteiger partial charge in [-0.3, -0.25) is 4.79 Å². The lowest BCUT2D eigenvalue weighted by molar-refractivity contribution is 0.0993. The van der Waals surface area contributed by atoms with Crippen LogP contribution in [0.2, 0.25) is 0 Å². The van der Waals surface area contributed by atoms with E-state index in [4.69, 9.17) is 4.74 Å². The number of ketones is 1. The Kier molecular flexibility index (Phi) is 3.90. The van der Waals surface area contributed by atoms with Crippen LogP contribution in [0.3, 0.4) is 0 Å². The predicted octanol–water partition coefficient (Wildman–Crippen LogP) is 2.29. The summed E-state index contributed by atoms with van der Waals surface area (Å²) in [5.74, 6) is 0.917. The number of hydrogen-bond acceptors (Lipinski definition) is 3.